The fraction of sp³-hybridized carbons (Fsp3) is 0.385. The van der Waals surface area contributed by atoms with Gasteiger partial charge in [0.15, 0.2) is 0 Å². The highest BCUT2D eigenvalue weighted by Crippen LogP contribution is 2.17. The lowest BCUT2D eigenvalue weighted by molar-refractivity contribution is -0.131. The zero-order valence-corrected chi connectivity index (χ0v) is 11.7. The molecule has 108 valence electrons. The summed E-state index contributed by atoms with van der Waals surface area (Å²) in [7, 11) is 0. The van der Waals surface area contributed by atoms with Crippen LogP contribution in [0.25, 0.3) is 6.08 Å². The second-order valence-electron chi connectivity index (χ2n) is 4.23. The first-order valence-corrected chi connectivity index (χ1v) is 7.07. The molecule has 1 fully saturated rings. The molecule has 0 saturated carbocycles. The van der Waals surface area contributed by atoms with Gasteiger partial charge in [-0.1, -0.05) is 0 Å². The van der Waals surface area contributed by atoms with Gasteiger partial charge in [-0.05, 0) is 18.2 Å². The Hall–Kier alpha value is -1.86. The van der Waals surface area contributed by atoms with E-state index in [1.807, 2.05) is 12.1 Å². The minimum atomic E-state index is -0.972. The second kappa shape index (κ2) is 7.06. The van der Waals surface area contributed by atoms with Gasteiger partial charge >= 0.3 is 12.0 Å². The minimum absolute atomic E-state index is 0.0932. The van der Waals surface area contributed by atoms with Gasteiger partial charge in [-0.3, -0.25) is 0 Å². The molecule has 2 N–H and O–H groups in total. The summed E-state index contributed by atoms with van der Waals surface area (Å²) in [6.07, 6.45) is 2.64. The molecule has 6 nitrogen and oxygen atoms in total. The predicted molar refractivity (Wildman–Crippen MR) is 75.6 cm³/mol. The first kappa shape index (κ1) is 14.5. The summed E-state index contributed by atoms with van der Waals surface area (Å²) >= 11 is 1.46. The van der Waals surface area contributed by atoms with Crippen LogP contribution in [-0.2, 0) is 16.1 Å². The number of thiophene rings is 1. The van der Waals surface area contributed by atoms with E-state index in [2.05, 4.69) is 5.32 Å². The molecule has 0 atom stereocenters. The Bertz CT molecular complexity index is 506. The van der Waals surface area contributed by atoms with Crippen LogP contribution in [0.15, 0.2) is 18.2 Å². The van der Waals surface area contributed by atoms with Crippen molar-refractivity contribution in [3.05, 3.63) is 28.0 Å². The van der Waals surface area contributed by atoms with Crippen LogP contribution in [-0.4, -0.2) is 48.3 Å². The van der Waals surface area contributed by atoms with Gasteiger partial charge in [0.25, 0.3) is 0 Å². The maximum Gasteiger partial charge on any atom is 0.328 e. The van der Waals surface area contributed by atoms with Gasteiger partial charge in [0.1, 0.15) is 0 Å². The molecule has 1 aromatic rings. The normalized spacial score (nSPS) is 15.5. The van der Waals surface area contributed by atoms with Crippen molar-refractivity contribution in [3.8, 4) is 0 Å². The maximum absolute atomic E-state index is 11.9. The number of carbonyl (C=O) groups excluding carboxylic acids is 1. The second-order valence-corrected chi connectivity index (χ2v) is 5.43. The number of carboxylic acids is 1. The summed E-state index contributed by atoms with van der Waals surface area (Å²) in [5, 5.41) is 11.4. The van der Waals surface area contributed by atoms with E-state index in [-0.39, 0.29) is 6.03 Å². The van der Waals surface area contributed by atoms with Gasteiger partial charge in [-0.2, -0.15) is 0 Å². The fourth-order valence-electron chi connectivity index (χ4n) is 1.77. The molecule has 0 unspecified atom stereocenters. The number of hydrogen-bond donors (Lipinski definition) is 2. The number of morpholine rings is 1. The Kier molecular flexibility index (Phi) is 5.14. The van der Waals surface area contributed by atoms with Crippen LogP contribution in [0.3, 0.4) is 0 Å². The van der Waals surface area contributed by atoms with E-state index in [0.29, 0.717) is 32.8 Å². The Morgan fingerprint density at radius 2 is 2.15 bits per heavy atom. The first-order chi connectivity index (χ1) is 9.65. The number of nitrogens with zero attached hydrogens (tertiary/aromatic N) is 1. The quantitative estimate of drug-likeness (QED) is 0.823. The van der Waals surface area contributed by atoms with Crippen LogP contribution < -0.4 is 5.32 Å². The zero-order valence-electron chi connectivity index (χ0n) is 10.9. The number of aliphatic carboxylic acids is 1. The largest absolute Gasteiger partial charge is 0.478 e. The molecule has 1 aromatic heterocycles. The van der Waals surface area contributed by atoms with Crippen molar-refractivity contribution in [3.63, 3.8) is 0 Å². The molecule has 7 heteroatoms. The Labute approximate surface area is 120 Å². The zero-order chi connectivity index (χ0) is 14.4. The molecule has 1 aliphatic heterocycles. The fourth-order valence-corrected chi connectivity index (χ4v) is 2.63. The number of rotatable bonds is 4. The Morgan fingerprint density at radius 3 is 2.85 bits per heavy atom. The van der Waals surface area contributed by atoms with Gasteiger partial charge in [0.2, 0.25) is 0 Å². The third-order valence-corrected chi connectivity index (χ3v) is 3.84. The summed E-state index contributed by atoms with van der Waals surface area (Å²) in [5.74, 6) is -0.972. The Morgan fingerprint density at radius 1 is 1.40 bits per heavy atom. The lowest BCUT2D eigenvalue weighted by Gasteiger charge is -2.26. The van der Waals surface area contributed by atoms with E-state index in [4.69, 9.17) is 9.84 Å². The summed E-state index contributed by atoms with van der Waals surface area (Å²) in [6, 6.07) is 3.62. The molecular formula is C13H16N2O4S. The molecule has 0 radical (unpaired) electrons. The number of carboxylic acid groups (broad SMARTS) is 1. The highest BCUT2D eigenvalue weighted by Gasteiger charge is 2.16. The van der Waals surface area contributed by atoms with Gasteiger partial charge in [-0.15, -0.1) is 11.3 Å². The third kappa shape index (κ3) is 4.36. The lowest BCUT2D eigenvalue weighted by Crippen LogP contribution is -2.45. The van der Waals surface area contributed by atoms with Crippen LogP contribution in [0, 0.1) is 0 Å². The summed E-state index contributed by atoms with van der Waals surface area (Å²) < 4.78 is 5.19. The monoisotopic (exact) mass is 296 g/mol. The molecule has 2 heterocycles. The summed E-state index contributed by atoms with van der Waals surface area (Å²) in [6.45, 7) is 2.83. The molecule has 2 rings (SSSR count). The van der Waals surface area contributed by atoms with Crippen molar-refractivity contribution in [2.24, 2.45) is 0 Å². The molecule has 20 heavy (non-hydrogen) atoms. The third-order valence-electron chi connectivity index (χ3n) is 2.78. The molecule has 1 saturated heterocycles. The van der Waals surface area contributed by atoms with Crippen molar-refractivity contribution in [2.75, 3.05) is 26.3 Å². The maximum atomic E-state index is 11.9. The van der Waals surface area contributed by atoms with E-state index < -0.39 is 5.97 Å². The highest BCUT2D eigenvalue weighted by molar-refractivity contribution is 7.12. The molecule has 1 aliphatic rings. The van der Waals surface area contributed by atoms with Crippen LogP contribution in [0.2, 0.25) is 0 Å². The Balaban J connectivity index is 1.81. The summed E-state index contributed by atoms with van der Waals surface area (Å²) in [5.41, 5.74) is 0. The number of urea groups is 1. The average Bonchev–Trinajstić information content (AvgIpc) is 2.91. The predicted octanol–water partition coefficient (Wildman–Crippen LogP) is 1.39. The summed E-state index contributed by atoms with van der Waals surface area (Å²) in [4.78, 5) is 25.8. The molecule has 0 aliphatic carbocycles. The van der Waals surface area contributed by atoms with Gasteiger partial charge in [0.05, 0.1) is 19.8 Å². The average molecular weight is 296 g/mol. The lowest BCUT2D eigenvalue weighted by atomic mass is 10.4. The number of hydrogen-bond acceptors (Lipinski definition) is 4. The van der Waals surface area contributed by atoms with Crippen LogP contribution in [0.4, 0.5) is 4.79 Å². The van der Waals surface area contributed by atoms with E-state index in [1.165, 1.54) is 11.3 Å². The van der Waals surface area contributed by atoms with Crippen LogP contribution in [0.5, 0.6) is 0 Å². The van der Waals surface area contributed by atoms with Crippen molar-refractivity contribution < 1.29 is 19.4 Å². The molecule has 2 amide bonds. The first-order valence-electron chi connectivity index (χ1n) is 6.25. The van der Waals surface area contributed by atoms with E-state index >= 15 is 0 Å². The van der Waals surface area contributed by atoms with Crippen molar-refractivity contribution >= 4 is 29.4 Å². The number of amides is 2. The number of nitrogens with one attached hydrogen (secondary N) is 1. The molecule has 0 bridgehead atoms. The molecular weight excluding hydrogens is 280 g/mol. The van der Waals surface area contributed by atoms with Crippen molar-refractivity contribution in [1.29, 1.82) is 0 Å². The van der Waals surface area contributed by atoms with Gasteiger partial charge in [0, 0.05) is 28.9 Å². The number of carbonyl (C=O) groups is 2. The van der Waals surface area contributed by atoms with E-state index in [0.717, 1.165) is 15.8 Å². The van der Waals surface area contributed by atoms with E-state index in [9.17, 15) is 9.59 Å². The SMILES string of the molecule is O=C(O)C=Cc1ccc(CNC(=O)N2CCOCC2)s1. The highest BCUT2D eigenvalue weighted by atomic mass is 32.1. The van der Waals surface area contributed by atoms with Crippen LogP contribution >= 0.6 is 11.3 Å². The van der Waals surface area contributed by atoms with Crippen molar-refractivity contribution in [2.45, 2.75) is 6.54 Å². The van der Waals surface area contributed by atoms with Crippen molar-refractivity contribution in [1.82, 2.24) is 10.2 Å². The van der Waals surface area contributed by atoms with Gasteiger partial charge < -0.3 is 20.1 Å². The topological polar surface area (TPSA) is 78.9 Å². The smallest absolute Gasteiger partial charge is 0.328 e. The minimum Gasteiger partial charge on any atom is -0.478 e. The van der Waals surface area contributed by atoms with Gasteiger partial charge in [-0.25, -0.2) is 9.59 Å². The number of ether oxygens (including phenoxy) is 1. The molecule has 0 spiro atoms. The van der Waals surface area contributed by atoms with E-state index in [1.54, 1.807) is 11.0 Å². The standard InChI is InChI=1S/C13H16N2O4S/c16-12(17)4-3-10-1-2-11(20-10)9-14-13(18)15-5-7-19-8-6-15/h1-4H,5-9H2,(H,14,18)(H,16,17). The molecule has 0 aromatic carbocycles. The van der Waals surface area contributed by atoms with Crippen LogP contribution in [0.1, 0.15) is 9.75 Å².